The summed E-state index contributed by atoms with van der Waals surface area (Å²) in [6, 6.07) is 3.87. The number of hydrogen-bond acceptors (Lipinski definition) is 4. The van der Waals surface area contributed by atoms with Gasteiger partial charge in [0.1, 0.15) is 12.1 Å². The first-order chi connectivity index (χ1) is 9.43. The van der Waals surface area contributed by atoms with E-state index in [1.165, 1.54) is 18.0 Å². The number of halogens is 1. The first-order valence-corrected chi connectivity index (χ1v) is 6.31. The quantitative estimate of drug-likeness (QED) is 0.831. The summed E-state index contributed by atoms with van der Waals surface area (Å²) in [5.41, 5.74) is 6.72. The van der Waals surface area contributed by atoms with Gasteiger partial charge < -0.3 is 10.6 Å². The lowest BCUT2D eigenvalue weighted by Gasteiger charge is -2.17. The van der Waals surface area contributed by atoms with Gasteiger partial charge in [-0.3, -0.25) is 4.79 Å². The highest BCUT2D eigenvalue weighted by Crippen LogP contribution is 2.32. The molecule has 1 aliphatic heterocycles. The Morgan fingerprint density at radius 1 is 1.45 bits per heavy atom. The molecule has 6 nitrogen and oxygen atoms in total. The van der Waals surface area contributed by atoms with Gasteiger partial charge in [0.15, 0.2) is 0 Å². The van der Waals surface area contributed by atoms with Crippen molar-refractivity contribution >= 4 is 29.2 Å². The summed E-state index contributed by atoms with van der Waals surface area (Å²) in [6.07, 6.45) is 0. The number of hydrogen-bond donors (Lipinski definition) is 1. The molecular weight excluding hydrogens is 280 g/mol. The Labute approximate surface area is 121 Å². The van der Waals surface area contributed by atoms with E-state index >= 15 is 0 Å². The first kappa shape index (κ1) is 14.3. The molecule has 1 fully saturated rings. The van der Waals surface area contributed by atoms with E-state index < -0.39 is 12.1 Å². The molecule has 0 radical (unpaired) electrons. The first-order valence-electron chi connectivity index (χ1n) is 5.94. The predicted molar refractivity (Wildman–Crippen MR) is 74.4 cm³/mol. The second kappa shape index (κ2) is 5.12. The van der Waals surface area contributed by atoms with Crippen molar-refractivity contribution in [2.24, 2.45) is 5.73 Å². The normalized spacial score (nSPS) is 18.6. The van der Waals surface area contributed by atoms with Crippen molar-refractivity contribution in [1.29, 1.82) is 5.26 Å². The SMILES string of the molecule is Cc1c(N2C(=O)C(CN)N(C)C2=O)ccc(C#N)c1Cl. The minimum Gasteiger partial charge on any atom is -0.328 e. The smallest absolute Gasteiger partial charge is 0.328 e. The van der Waals surface area contributed by atoms with Crippen molar-refractivity contribution in [2.75, 3.05) is 18.5 Å². The van der Waals surface area contributed by atoms with Gasteiger partial charge in [-0.1, -0.05) is 11.6 Å². The molecule has 3 amide bonds. The van der Waals surface area contributed by atoms with Gasteiger partial charge in [-0.15, -0.1) is 0 Å². The van der Waals surface area contributed by atoms with E-state index in [9.17, 15) is 9.59 Å². The maximum absolute atomic E-state index is 12.3. The molecular formula is C13H13ClN4O2. The van der Waals surface area contributed by atoms with Crippen molar-refractivity contribution in [2.45, 2.75) is 13.0 Å². The molecule has 104 valence electrons. The van der Waals surface area contributed by atoms with Crippen LogP contribution in [0.4, 0.5) is 10.5 Å². The Hall–Kier alpha value is -2.10. The maximum atomic E-state index is 12.3. The highest BCUT2D eigenvalue weighted by Gasteiger charge is 2.43. The second-order valence-corrected chi connectivity index (χ2v) is 4.88. The second-order valence-electron chi connectivity index (χ2n) is 4.50. The maximum Gasteiger partial charge on any atom is 0.331 e. The summed E-state index contributed by atoms with van der Waals surface area (Å²) in [6.45, 7) is 1.72. The molecule has 2 rings (SSSR count). The van der Waals surface area contributed by atoms with Gasteiger partial charge in [0, 0.05) is 13.6 Å². The Kier molecular flexibility index (Phi) is 3.66. The van der Waals surface area contributed by atoms with Crippen molar-refractivity contribution < 1.29 is 9.59 Å². The van der Waals surface area contributed by atoms with E-state index in [1.54, 1.807) is 13.0 Å². The van der Waals surface area contributed by atoms with Crippen molar-refractivity contribution in [3.05, 3.63) is 28.3 Å². The van der Waals surface area contributed by atoms with Crippen LogP contribution in [0.3, 0.4) is 0 Å². The topological polar surface area (TPSA) is 90.4 Å². The highest BCUT2D eigenvalue weighted by atomic mass is 35.5. The minimum absolute atomic E-state index is 0.0562. The molecule has 0 spiro atoms. The zero-order chi connectivity index (χ0) is 15.0. The zero-order valence-corrected chi connectivity index (χ0v) is 11.8. The zero-order valence-electron chi connectivity index (χ0n) is 11.1. The van der Waals surface area contributed by atoms with Gasteiger partial charge >= 0.3 is 6.03 Å². The molecule has 0 saturated carbocycles. The van der Waals surface area contributed by atoms with E-state index in [0.717, 1.165) is 4.90 Å². The molecule has 1 aromatic carbocycles. The van der Waals surface area contributed by atoms with Crippen LogP contribution in [0.2, 0.25) is 5.02 Å². The highest BCUT2D eigenvalue weighted by molar-refractivity contribution is 6.33. The Bertz CT molecular complexity index is 638. The fourth-order valence-electron chi connectivity index (χ4n) is 2.18. The number of benzene rings is 1. The number of urea groups is 1. The molecule has 1 unspecified atom stereocenters. The standard InChI is InChI=1S/C13H13ClN4O2/c1-7-9(4-3-8(5-15)11(7)14)18-12(19)10(6-16)17(2)13(18)20/h3-4,10H,6,16H2,1-2H3. The Morgan fingerprint density at radius 3 is 2.60 bits per heavy atom. The van der Waals surface area contributed by atoms with Crippen LogP contribution in [0.1, 0.15) is 11.1 Å². The van der Waals surface area contributed by atoms with Crippen LogP contribution >= 0.6 is 11.6 Å². The van der Waals surface area contributed by atoms with E-state index in [1.807, 2.05) is 6.07 Å². The van der Waals surface area contributed by atoms with Crippen LogP contribution in [0.5, 0.6) is 0 Å². The Balaban J connectivity index is 2.53. The number of imide groups is 1. The number of likely N-dealkylation sites (N-methyl/N-ethyl adjacent to an activating group) is 1. The van der Waals surface area contributed by atoms with E-state index in [-0.39, 0.29) is 17.5 Å². The van der Waals surface area contributed by atoms with Crippen LogP contribution in [0.15, 0.2) is 12.1 Å². The summed E-state index contributed by atoms with van der Waals surface area (Å²) in [5.74, 6) is -0.385. The van der Waals surface area contributed by atoms with Crippen molar-refractivity contribution in [3.8, 4) is 6.07 Å². The van der Waals surface area contributed by atoms with Gasteiger partial charge in [-0.2, -0.15) is 5.26 Å². The van der Waals surface area contributed by atoms with Crippen molar-refractivity contribution in [3.63, 3.8) is 0 Å². The van der Waals surface area contributed by atoms with Gasteiger partial charge in [0.2, 0.25) is 0 Å². The summed E-state index contributed by atoms with van der Waals surface area (Å²) in [7, 11) is 1.53. The number of carbonyl (C=O) groups is 2. The van der Waals surface area contributed by atoms with Crippen LogP contribution in [0.25, 0.3) is 0 Å². The summed E-state index contributed by atoms with van der Waals surface area (Å²) in [4.78, 5) is 26.8. The van der Waals surface area contributed by atoms with Gasteiger partial charge in [-0.05, 0) is 24.6 Å². The van der Waals surface area contributed by atoms with Gasteiger partial charge in [0.05, 0.1) is 16.3 Å². The summed E-state index contributed by atoms with van der Waals surface area (Å²) < 4.78 is 0. The minimum atomic E-state index is -0.670. The molecule has 0 bridgehead atoms. The molecule has 1 saturated heterocycles. The van der Waals surface area contributed by atoms with Gasteiger partial charge in [-0.25, -0.2) is 9.69 Å². The lowest BCUT2D eigenvalue weighted by atomic mass is 10.1. The van der Waals surface area contributed by atoms with Crippen LogP contribution < -0.4 is 10.6 Å². The largest absolute Gasteiger partial charge is 0.331 e. The van der Waals surface area contributed by atoms with E-state index in [0.29, 0.717) is 16.8 Å². The third-order valence-electron chi connectivity index (χ3n) is 3.41. The average Bonchev–Trinajstić information content (AvgIpc) is 2.64. The molecule has 1 atom stereocenters. The summed E-state index contributed by atoms with van der Waals surface area (Å²) in [5, 5.41) is 9.16. The average molecular weight is 293 g/mol. The number of nitrogens with two attached hydrogens (primary N) is 1. The number of nitrogens with zero attached hydrogens (tertiary/aromatic N) is 3. The number of nitriles is 1. The van der Waals surface area contributed by atoms with E-state index in [4.69, 9.17) is 22.6 Å². The third-order valence-corrected chi connectivity index (χ3v) is 3.90. The van der Waals surface area contributed by atoms with Crippen LogP contribution in [-0.2, 0) is 4.79 Å². The molecule has 20 heavy (non-hydrogen) atoms. The molecule has 1 heterocycles. The number of carbonyl (C=O) groups excluding carboxylic acids is 2. The molecule has 2 N–H and O–H groups in total. The van der Waals surface area contributed by atoms with Crippen LogP contribution in [0, 0.1) is 18.3 Å². The lowest BCUT2D eigenvalue weighted by molar-refractivity contribution is -0.119. The number of anilines is 1. The molecule has 0 aromatic heterocycles. The monoisotopic (exact) mass is 292 g/mol. The molecule has 1 aliphatic rings. The van der Waals surface area contributed by atoms with Crippen molar-refractivity contribution in [1.82, 2.24) is 4.90 Å². The lowest BCUT2D eigenvalue weighted by Crippen LogP contribution is -2.38. The third kappa shape index (κ3) is 1.92. The molecule has 1 aromatic rings. The summed E-state index contributed by atoms with van der Waals surface area (Å²) >= 11 is 6.07. The Morgan fingerprint density at radius 2 is 2.10 bits per heavy atom. The fourth-order valence-corrected chi connectivity index (χ4v) is 2.39. The number of rotatable bonds is 2. The van der Waals surface area contributed by atoms with Crippen LogP contribution in [-0.4, -0.2) is 36.5 Å². The molecule has 0 aliphatic carbocycles. The van der Waals surface area contributed by atoms with E-state index in [2.05, 4.69) is 0 Å². The molecule has 7 heteroatoms. The predicted octanol–water partition coefficient (Wildman–Crippen LogP) is 1.25. The van der Waals surface area contributed by atoms with Gasteiger partial charge in [0.25, 0.3) is 5.91 Å². The number of amides is 3. The fraction of sp³-hybridized carbons (Fsp3) is 0.308.